The maximum absolute atomic E-state index is 4.65. The molecule has 2 nitrogen and oxygen atoms in total. The van der Waals surface area contributed by atoms with Crippen molar-refractivity contribution in [2.24, 2.45) is 0 Å². The Kier molecular flexibility index (Phi) is 2.80. The van der Waals surface area contributed by atoms with Crippen LogP contribution < -0.4 is 0 Å². The summed E-state index contributed by atoms with van der Waals surface area (Å²) in [5.41, 5.74) is 5.55. The van der Waals surface area contributed by atoms with Gasteiger partial charge in [0, 0.05) is 23.8 Å². The first kappa shape index (κ1) is 11.7. The maximum atomic E-state index is 4.65. The standard InChI is InChI=1S/C18H18N2/c1-2-7-14(8-3-1)13-20-17-11-5-4-9-15(17)16-10-6-12-19-18(16)20/h1-3,6-8,10,12H,4-5,9,11,13H2. The van der Waals surface area contributed by atoms with Crippen LogP contribution in [-0.2, 0) is 19.4 Å². The predicted molar refractivity (Wildman–Crippen MR) is 81.9 cm³/mol. The Morgan fingerprint density at radius 1 is 0.950 bits per heavy atom. The Morgan fingerprint density at radius 2 is 1.80 bits per heavy atom. The molecule has 0 spiro atoms. The molecule has 0 atom stereocenters. The van der Waals surface area contributed by atoms with E-state index in [9.17, 15) is 0 Å². The summed E-state index contributed by atoms with van der Waals surface area (Å²) in [6.07, 6.45) is 6.93. The van der Waals surface area contributed by atoms with Crippen LogP contribution in [0.5, 0.6) is 0 Å². The van der Waals surface area contributed by atoms with Gasteiger partial charge in [0.1, 0.15) is 5.65 Å². The molecule has 1 aliphatic rings. The van der Waals surface area contributed by atoms with Crippen molar-refractivity contribution in [1.29, 1.82) is 0 Å². The monoisotopic (exact) mass is 262 g/mol. The first-order valence-electron chi connectivity index (χ1n) is 7.42. The molecule has 2 aromatic heterocycles. The summed E-state index contributed by atoms with van der Waals surface area (Å²) in [4.78, 5) is 4.65. The predicted octanol–water partition coefficient (Wildman–Crippen LogP) is 3.96. The molecule has 0 saturated carbocycles. The van der Waals surface area contributed by atoms with Crippen molar-refractivity contribution in [3.8, 4) is 0 Å². The number of aromatic nitrogens is 2. The molecule has 1 aliphatic carbocycles. The molecule has 0 fully saturated rings. The molecule has 3 aromatic rings. The number of pyridine rings is 1. The molecule has 0 unspecified atom stereocenters. The fraction of sp³-hybridized carbons (Fsp3) is 0.278. The van der Waals surface area contributed by atoms with E-state index in [-0.39, 0.29) is 0 Å². The van der Waals surface area contributed by atoms with Crippen molar-refractivity contribution in [3.05, 3.63) is 65.5 Å². The molecule has 100 valence electrons. The number of hydrogen-bond donors (Lipinski definition) is 0. The van der Waals surface area contributed by atoms with Crippen LogP contribution >= 0.6 is 0 Å². The minimum absolute atomic E-state index is 0.934. The van der Waals surface area contributed by atoms with E-state index in [1.807, 2.05) is 6.20 Å². The molecule has 0 N–H and O–H groups in total. The number of fused-ring (bicyclic) bond motifs is 3. The highest BCUT2D eigenvalue weighted by molar-refractivity contribution is 5.82. The van der Waals surface area contributed by atoms with Crippen LogP contribution in [0.25, 0.3) is 11.0 Å². The molecule has 1 aromatic carbocycles. The Bertz CT molecular complexity index is 741. The van der Waals surface area contributed by atoms with Crippen LogP contribution in [0.1, 0.15) is 29.7 Å². The van der Waals surface area contributed by atoms with Gasteiger partial charge in [0.25, 0.3) is 0 Å². The summed E-state index contributed by atoms with van der Waals surface area (Å²) in [5.74, 6) is 0. The van der Waals surface area contributed by atoms with E-state index in [1.54, 1.807) is 0 Å². The molecule has 0 amide bonds. The smallest absolute Gasteiger partial charge is 0.140 e. The Morgan fingerprint density at radius 3 is 2.70 bits per heavy atom. The third-order valence-corrected chi connectivity index (χ3v) is 4.32. The second-order valence-corrected chi connectivity index (χ2v) is 5.58. The third-order valence-electron chi connectivity index (χ3n) is 4.32. The second kappa shape index (κ2) is 4.78. The zero-order chi connectivity index (χ0) is 13.4. The van der Waals surface area contributed by atoms with Crippen LogP contribution in [0, 0.1) is 0 Å². The van der Waals surface area contributed by atoms with E-state index >= 15 is 0 Å². The van der Waals surface area contributed by atoms with Crippen molar-refractivity contribution in [1.82, 2.24) is 9.55 Å². The van der Waals surface area contributed by atoms with Gasteiger partial charge in [-0.25, -0.2) is 4.98 Å². The minimum Gasteiger partial charge on any atom is -0.325 e. The first-order chi connectivity index (χ1) is 9.93. The van der Waals surface area contributed by atoms with E-state index in [1.165, 1.54) is 47.9 Å². The van der Waals surface area contributed by atoms with Gasteiger partial charge in [-0.3, -0.25) is 0 Å². The molecule has 2 heteroatoms. The lowest BCUT2D eigenvalue weighted by molar-refractivity contribution is 0.636. The molecule has 20 heavy (non-hydrogen) atoms. The molecule has 4 rings (SSSR count). The molecule has 2 heterocycles. The Labute approximate surface area is 119 Å². The molecule has 0 bridgehead atoms. The Balaban J connectivity index is 1.89. The number of rotatable bonds is 2. The van der Waals surface area contributed by atoms with Gasteiger partial charge >= 0.3 is 0 Å². The van der Waals surface area contributed by atoms with E-state index in [0.29, 0.717) is 0 Å². The fourth-order valence-corrected chi connectivity index (χ4v) is 3.39. The number of hydrogen-bond acceptors (Lipinski definition) is 1. The average Bonchev–Trinajstić information content (AvgIpc) is 2.84. The first-order valence-corrected chi connectivity index (χ1v) is 7.42. The summed E-state index contributed by atoms with van der Waals surface area (Å²) in [6.45, 7) is 0.934. The highest BCUT2D eigenvalue weighted by Gasteiger charge is 2.20. The molecule has 0 saturated heterocycles. The largest absolute Gasteiger partial charge is 0.325 e. The number of aryl methyl sites for hydroxylation is 1. The number of benzene rings is 1. The van der Waals surface area contributed by atoms with Gasteiger partial charge in [0.2, 0.25) is 0 Å². The summed E-state index contributed by atoms with van der Waals surface area (Å²) < 4.78 is 2.43. The summed E-state index contributed by atoms with van der Waals surface area (Å²) in [6, 6.07) is 15.0. The lowest BCUT2D eigenvalue weighted by Crippen LogP contribution is -2.09. The van der Waals surface area contributed by atoms with Crippen LogP contribution in [0.15, 0.2) is 48.7 Å². The third kappa shape index (κ3) is 1.83. The van der Waals surface area contributed by atoms with E-state index in [2.05, 4.69) is 52.0 Å². The lowest BCUT2D eigenvalue weighted by atomic mass is 9.96. The van der Waals surface area contributed by atoms with Crippen molar-refractivity contribution < 1.29 is 0 Å². The van der Waals surface area contributed by atoms with E-state index < -0.39 is 0 Å². The van der Waals surface area contributed by atoms with Crippen LogP contribution in [0.3, 0.4) is 0 Å². The summed E-state index contributed by atoms with van der Waals surface area (Å²) in [7, 11) is 0. The van der Waals surface area contributed by atoms with Crippen molar-refractivity contribution >= 4 is 11.0 Å². The van der Waals surface area contributed by atoms with Crippen LogP contribution in [0.2, 0.25) is 0 Å². The Hall–Kier alpha value is -2.09. The average molecular weight is 262 g/mol. The van der Waals surface area contributed by atoms with Gasteiger partial charge in [-0.2, -0.15) is 0 Å². The molecule has 0 aliphatic heterocycles. The zero-order valence-electron chi connectivity index (χ0n) is 11.5. The SMILES string of the molecule is c1ccc(Cn2c3c(c4cccnc42)CCCC3)cc1. The number of nitrogens with zero attached hydrogens (tertiary/aromatic N) is 2. The molecular weight excluding hydrogens is 244 g/mol. The second-order valence-electron chi connectivity index (χ2n) is 5.58. The van der Waals surface area contributed by atoms with E-state index in [4.69, 9.17) is 0 Å². The fourth-order valence-electron chi connectivity index (χ4n) is 3.39. The van der Waals surface area contributed by atoms with Crippen molar-refractivity contribution in [2.75, 3.05) is 0 Å². The highest BCUT2D eigenvalue weighted by Crippen LogP contribution is 2.31. The van der Waals surface area contributed by atoms with E-state index in [0.717, 1.165) is 12.2 Å². The summed E-state index contributed by atoms with van der Waals surface area (Å²) in [5, 5.41) is 1.36. The quantitative estimate of drug-likeness (QED) is 0.683. The van der Waals surface area contributed by atoms with Gasteiger partial charge in [0.15, 0.2) is 0 Å². The highest BCUT2D eigenvalue weighted by atomic mass is 15.0. The topological polar surface area (TPSA) is 17.8 Å². The van der Waals surface area contributed by atoms with Gasteiger partial charge in [-0.1, -0.05) is 30.3 Å². The van der Waals surface area contributed by atoms with Gasteiger partial charge in [-0.05, 0) is 48.9 Å². The van der Waals surface area contributed by atoms with Gasteiger partial charge < -0.3 is 4.57 Å². The van der Waals surface area contributed by atoms with Crippen LogP contribution in [-0.4, -0.2) is 9.55 Å². The van der Waals surface area contributed by atoms with Gasteiger partial charge in [0.05, 0.1) is 0 Å². The maximum Gasteiger partial charge on any atom is 0.140 e. The van der Waals surface area contributed by atoms with Crippen molar-refractivity contribution in [3.63, 3.8) is 0 Å². The molecule has 0 radical (unpaired) electrons. The molecular formula is C18H18N2. The van der Waals surface area contributed by atoms with Crippen molar-refractivity contribution in [2.45, 2.75) is 32.2 Å². The normalized spacial score (nSPS) is 14.4. The summed E-state index contributed by atoms with van der Waals surface area (Å²) >= 11 is 0. The van der Waals surface area contributed by atoms with Gasteiger partial charge in [-0.15, -0.1) is 0 Å². The zero-order valence-corrected chi connectivity index (χ0v) is 11.5. The van der Waals surface area contributed by atoms with Crippen LogP contribution in [0.4, 0.5) is 0 Å². The minimum atomic E-state index is 0.934. The lowest BCUT2D eigenvalue weighted by Gasteiger charge is -2.15.